The predicted octanol–water partition coefficient (Wildman–Crippen LogP) is -6.34. The van der Waals surface area contributed by atoms with Gasteiger partial charge in [0.2, 0.25) is 0 Å². The standard InChI is InChI=1S/2Li.HNO3.S/c;;2-1(3)4;/h;;(H,2,3,4);/q2*+1;;-2. The number of hydrogen-bond donors (Lipinski definition) is 1. The fourth-order valence-corrected chi connectivity index (χ4v) is 0. The van der Waals surface area contributed by atoms with Crippen LogP contribution in [-0.4, -0.2) is 10.3 Å². The molecule has 32 valence electrons. The molecule has 1 N–H and O–H groups in total. The van der Waals surface area contributed by atoms with Crippen LogP contribution in [0.1, 0.15) is 0 Å². The van der Waals surface area contributed by atoms with Crippen LogP contribution in [-0.2, 0) is 13.5 Å². The Morgan fingerprint density at radius 2 is 1.43 bits per heavy atom. The number of nitrogens with zero attached hydrogens (tertiary/aromatic N) is 1. The van der Waals surface area contributed by atoms with Crippen molar-refractivity contribution < 1.29 is 48.0 Å². The second-order valence-corrected chi connectivity index (χ2v) is 0.238. The van der Waals surface area contributed by atoms with Crippen LogP contribution in [0.2, 0.25) is 0 Å². The third-order valence-corrected chi connectivity index (χ3v) is 0. The van der Waals surface area contributed by atoms with Gasteiger partial charge in [-0.1, -0.05) is 0 Å². The van der Waals surface area contributed by atoms with Gasteiger partial charge in [0.15, 0.2) is 0 Å². The van der Waals surface area contributed by atoms with Gasteiger partial charge in [0, 0.05) is 0 Å². The van der Waals surface area contributed by atoms with E-state index >= 15 is 0 Å². The molecule has 0 aliphatic heterocycles. The Hall–Kier alpha value is 0.745. The zero-order chi connectivity index (χ0) is 3.58. The Bertz CT molecular complexity index is 35.9. The van der Waals surface area contributed by atoms with Crippen LogP contribution in [0.3, 0.4) is 0 Å². The van der Waals surface area contributed by atoms with E-state index in [0.29, 0.717) is 0 Å². The largest absolute Gasteiger partial charge is 2.00 e. The predicted molar refractivity (Wildman–Crippen MR) is 16.1 cm³/mol. The van der Waals surface area contributed by atoms with E-state index in [4.69, 9.17) is 15.3 Å². The molecule has 0 unspecified atom stereocenters. The van der Waals surface area contributed by atoms with Gasteiger partial charge in [-0.25, -0.2) is 0 Å². The van der Waals surface area contributed by atoms with E-state index in [1.807, 2.05) is 0 Å². The van der Waals surface area contributed by atoms with Gasteiger partial charge < -0.3 is 18.7 Å². The van der Waals surface area contributed by atoms with Gasteiger partial charge in [-0.3, -0.25) is 0 Å². The zero-order valence-electron chi connectivity index (χ0n) is 4.12. The summed E-state index contributed by atoms with van der Waals surface area (Å²) in [5.74, 6) is 0. The maximum atomic E-state index is 8.36. The molecule has 0 saturated carbocycles. The van der Waals surface area contributed by atoms with Crippen LogP contribution in [0.25, 0.3) is 0 Å². The smallest absolute Gasteiger partial charge is 1.00 e. The van der Waals surface area contributed by atoms with E-state index in [0.717, 1.165) is 0 Å². The summed E-state index contributed by atoms with van der Waals surface area (Å²) >= 11 is 0. The van der Waals surface area contributed by atoms with Crippen LogP contribution >= 0.6 is 0 Å². The van der Waals surface area contributed by atoms with Crippen molar-refractivity contribution in [3.8, 4) is 0 Å². The van der Waals surface area contributed by atoms with E-state index in [2.05, 4.69) is 0 Å². The maximum absolute atomic E-state index is 8.36. The fourth-order valence-electron chi connectivity index (χ4n) is 0. The van der Waals surface area contributed by atoms with Gasteiger partial charge in [-0.05, 0) is 0 Å². The summed E-state index contributed by atoms with van der Waals surface area (Å²) in [4.78, 5) is 8.36. The average Bonchev–Trinajstić information content (AvgIpc) is 0.811. The van der Waals surface area contributed by atoms with Crippen molar-refractivity contribution in [3.63, 3.8) is 0 Å². The molecule has 0 aliphatic rings. The zero-order valence-corrected chi connectivity index (χ0v) is 4.94. The Balaban J connectivity index is -0.0000000150. The van der Waals surface area contributed by atoms with Gasteiger partial charge in [-0.2, -0.15) is 0 Å². The van der Waals surface area contributed by atoms with Gasteiger partial charge >= 0.3 is 37.7 Å². The average molecular weight is 109 g/mol. The summed E-state index contributed by atoms with van der Waals surface area (Å²) in [6, 6.07) is 0. The first-order valence-electron chi connectivity index (χ1n) is 0.565. The van der Waals surface area contributed by atoms with Crippen LogP contribution in [0.4, 0.5) is 0 Å². The Labute approximate surface area is 71.6 Å². The van der Waals surface area contributed by atoms with Gasteiger partial charge in [0.1, 0.15) is 0 Å². The Morgan fingerprint density at radius 1 is 1.43 bits per heavy atom. The minimum Gasteiger partial charge on any atom is -2.00 e. The van der Waals surface area contributed by atoms with Crippen molar-refractivity contribution in [2.75, 3.05) is 0 Å². The molecule has 0 spiro atoms. The molecule has 0 rings (SSSR count). The topological polar surface area (TPSA) is 63.4 Å². The number of rotatable bonds is 0. The third-order valence-electron chi connectivity index (χ3n) is 0. The molecule has 0 fully saturated rings. The van der Waals surface area contributed by atoms with E-state index in [1.54, 1.807) is 0 Å². The molecule has 0 atom stereocenters. The molecule has 4 nitrogen and oxygen atoms in total. The van der Waals surface area contributed by atoms with Crippen LogP contribution in [0.15, 0.2) is 0 Å². The molecule has 0 aliphatic carbocycles. The molecule has 0 radical (unpaired) electrons. The third kappa shape index (κ3) is 274. The van der Waals surface area contributed by atoms with Gasteiger partial charge in [0.05, 0.1) is 0 Å². The van der Waals surface area contributed by atoms with Crippen molar-refractivity contribution in [2.24, 2.45) is 0 Å². The van der Waals surface area contributed by atoms with Crippen LogP contribution < -0.4 is 37.7 Å². The molecule has 7 heavy (non-hydrogen) atoms. The van der Waals surface area contributed by atoms with Crippen molar-refractivity contribution in [3.05, 3.63) is 10.1 Å². The van der Waals surface area contributed by atoms with E-state index in [1.165, 1.54) is 0 Å². The van der Waals surface area contributed by atoms with Crippen LogP contribution in [0.5, 0.6) is 0 Å². The fraction of sp³-hybridized carbons (Fsp3) is 0. The molecule has 0 aromatic carbocycles. The summed E-state index contributed by atoms with van der Waals surface area (Å²) in [6.07, 6.45) is 0. The van der Waals surface area contributed by atoms with Crippen molar-refractivity contribution in [2.45, 2.75) is 0 Å². The molecular formula is HLi2NO3S. The number of hydrogen-bond acceptors (Lipinski definition) is 2. The van der Waals surface area contributed by atoms with Gasteiger partial charge in [-0.15, -0.1) is 10.1 Å². The summed E-state index contributed by atoms with van der Waals surface area (Å²) in [7, 11) is 0. The second kappa shape index (κ2) is 15.9. The second-order valence-electron chi connectivity index (χ2n) is 0.238. The molecule has 0 heterocycles. The van der Waals surface area contributed by atoms with Crippen molar-refractivity contribution in [1.29, 1.82) is 0 Å². The first-order chi connectivity index (χ1) is 1.73. The van der Waals surface area contributed by atoms with Gasteiger partial charge in [0.25, 0.3) is 5.09 Å². The van der Waals surface area contributed by atoms with E-state index in [-0.39, 0.29) is 51.2 Å². The van der Waals surface area contributed by atoms with E-state index in [9.17, 15) is 0 Å². The molecule has 0 bridgehead atoms. The summed E-state index contributed by atoms with van der Waals surface area (Å²) in [6.45, 7) is 0. The molecule has 0 saturated heterocycles. The normalized spacial score (nSPS) is 3.43. The molecular weight excluding hydrogens is 108 g/mol. The minimum absolute atomic E-state index is 0. The quantitative estimate of drug-likeness (QED) is 0.191. The van der Waals surface area contributed by atoms with E-state index < -0.39 is 5.09 Å². The van der Waals surface area contributed by atoms with Crippen molar-refractivity contribution in [1.82, 2.24) is 0 Å². The first kappa shape index (κ1) is 25.1. The Kier molecular flexibility index (Phi) is 57.0. The Morgan fingerprint density at radius 3 is 1.43 bits per heavy atom. The summed E-state index contributed by atoms with van der Waals surface area (Å²) in [5, 5.41) is 13.6. The SMILES string of the molecule is O=[N+]([O-])O.[Li+].[Li+].[S-2]. The molecule has 0 aromatic heterocycles. The molecule has 0 aromatic rings. The molecule has 0 amide bonds. The van der Waals surface area contributed by atoms with Crippen molar-refractivity contribution >= 4 is 13.5 Å². The molecule has 7 heteroatoms. The maximum Gasteiger partial charge on any atom is 1.00 e. The summed E-state index contributed by atoms with van der Waals surface area (Å²) < 4.78 is 0. The monoisotopic (exact) mass is 109 g/mol. The van der Waals surface area contributed by atoms with Crippen LogP contribution in [0, 0.1) is 10.1 Å². The minimum atomic E-state index is -1.50. The first-order valence-corrected chi connectivity index (χ1v) is 0.565. The summed E-state index contributed by atoms with van der Waals surface area (Å²) in [5.41, 5.74) is 0.